The summed E-state index contributed by atoms with van der Waals surface area (Å²) in [6, 6.07) is 9.49. The highest BCUT2D eigenvalue weighted by molar-refractivity contribution is 5.97. The van der Waals surface area contributed by atoms with E-state index in [9.17, 15) is 4.79 Å². The molecule has 0 radical (unpaired) electrons. The van der Waals surface area contributed by atoms with E-state index in [2.05, 4.69) is 19.1 Å². The molecule has 1 aromatic rings. The molecule has 2 rings (SSSR count). The molecule has 0 saturated heterocycles. The van der Waals surface area contributed by atoms with E-state index in [0.29, 0.717) is 6.42 Å². The first-order valence-electron chi connectivity index (χ1n) is 5.21. The number of Topliss-reactive ketones (excluding diaryl/α,β-unsaturated/α-hetero) is 1. The molecular formula is C14H14O. The van der Waals surface area contributed by atoms with Gasteiger partial charge in [0.15, 0.2) is 5.78 Å². The molecule has 1 heteroatoms. The Hall–Kier alpha value is -1.63. The molecule has 76 valence electrons. The average molecular weight is 198 g/mol. The van der Waals surface area contributed by atoms with Gasteiger partial charge >= 0.3 is 0 Å². The van der Waals surface area contributed by atoms with Gasteiger partial charge in [-0.25, -0.2) is 0 Å². The van der Waals surface area contributed by atoms with Gasteiger partial charge in [0.25, 0.3) is 0 Å². The molecule has 0 aliphatic heterocycles. The van der Waals surface area contributed by atoms with E-state index in [-0.39, 0.29) is 5.78 Å². The molecular weight excluding hydrogens is 184 g/mol. The lowest BCUT2D eigenvalue weighted by Crippen LogP contribution is -2.00. The Balaban J connectivity index is 2.09. The maximum absolute atomic E-state index is 11.9. The van der Waals surface area contributed by atoms with E-state index in [1.165, 1.54) is 11.1 Å². The van der Waals surface area contributed by atoms with Crippen molar-refractivity contribution in [3.8, 4) is 0 Å². The lowest BCUT2D eigenvalue weighted by molar-refractivity contribution is 0.0992. The van der Waals surface area contributed by atoms with E-state index in [1.54, 1.807) is 0 Å². The smallest absolute Gasteiger partial charge is 0.166 e. The molecule has 0 spiro atoms. The second-order valence-corrected chi connectivity index (χ2v) is 3.86. The van der Waals surface area contributed by atoms with Gasteiger partial charge in [-0.2, -0.15) is 0 Å². The Morgan fingerprint density at radius 2 is 2.00 bits per heavy atom. The maximum Gasteiger partial charge on any atom is 0.166 e. The second-order valence-electron chi connectivity index (χ2n) is 3.86. The van der Waals surface area contributed by atoms with Crippen molar-refractivity contribution < 1.29 is 4.79 Å². The van der Waals surface area contributed by atoms with Crippen molar-refractivity contribution in [3.05, 3.63) is 59.2 Å². The number of hydrogen-bond donors (Lipinski definition) is 0. The Bertz CT molecular complexity index is 424. The lowest BCUT2D eigenvalue weighted by Gasteiger charge is -2.03. The highest BCUT2D eigenvalue weighted by atomic mass is 16.1. The minimum Gasteiger partial charge on any atom is -0.294 e. The summed E-state index contributed by atoms with van der Waals surface area (Å²) < 4.78 is 0. The molecule has 1 aromatic carbocycles. The fraction of sp³-hybridized carbons (Fsp3) is 0.214. The van der Waals surface area contributed by atoms with Crippen molar-refractivity contribution in [2.45, 2.75) is 19.8 Å². The summed E-state index contributed by atoms with van der Waals surface area (Å²) in [5.41, 5.74) is 3.31. The van der Waals surface area contributed by atoms with Gasteiger partial charge in [0, 0.05) is 12.0 Å². The standard InChI is InChI=1S/C14H14O/c1-11-6-5-9-13(11)10-14(15)12-7-3-2-4-8-12/h2-8H,9-10H2,1H3. The molecule has 0 fully saturated rings. The number of rotatable bonds is 3. The molecule has 0 saturated carbocycles. The van der Waals surface area contributed by atoms with Crippen molar-refractivity contribution in [1.82, 2.24) is 0 Å². The van der Waals surface area contributed by atoms with Crippen molar-refractivity contribution in [2.24, 2.45) is 0 Å². The Morgan fingerprint density at radius 3 is 2.60 bits per heavy atom. The summed E-state index contributed by atoms with van der Waals surface area (Å²) in [5.74, 6) is 0.216. The third-order valence-electron chi connectivity index (χ3n) is 2.76. The molecule has 1 aliphatic carbocycles. The number of allylic oxidation sites excluding steroid dienone is 4. The Labute approximate surface area is 90.1 Å². The zero-order valence-corrected chi connectivity index (χ0v) is 8.86. The van der Waals surface area contributed by atoms with Gasteiger partial charge in [-0.3, -0.25) is 4.79 Å². The summed E-state index contributed by atoms with van der Waals surface area (Å²) in [4.78, 5) is 11.9. The van der Waals surface area contributed by atoms with E-state index >= 15 is 0 Å². The highest BCUT2D eigenvalue weighted by Gasteiger charge is 2.11. The molecule has 0 N–H and O–H groups in total. The summed E-state index contributed by atoms with van der Waals surface area (Å²) in [6.45, 7) is 2.07. The molecule has 1 aliphatic rings. The molecule has 0 aromatic heterocycles. The van der Waals surface area contributed by atoms with E-state index in [0.717, 1.165) is 12.0 Å². The molecule has 15 heavy (non-hydrogen) atoms. The third-order valence-corrected chi connectivity index (χ3v) is 2.76. The quantitative estimate of drug-likeness (QED) is 0.679. The lowest BCUT2D eigenvalue weighted by atomic mass is 10.0. The van der Waals surface area contributed by atoms with Gasteiger partial charge in [-0.1, -0.05) is 53.6 Å². The van der Waals surface area contributed by atoms with Crippen LogP contribution in [0.2, 0.25) is 0 Å². The first-order valence-corrected chi connectivity index (χ1v) is 5.21. The minimum absolute atomic E-state index is 0.216. The van der Waals surface area contributed by atoms with Crippen LogP contribution >= 0.6 is 0 Å². The van der Waals surface area contributed by atoms with Crippen molar-refractivity contribution >= 4 is 5.78 Å². The SMILES string of the molecule is CC1=C(CC(=O)c2ccccc2)CC=C1. The van der Waals surface area contributed by atoms with Crippen molar-refractivity contribution in [2.75, 3.05) is 0 Å². The Kier molecular flexibility index (Phi) is 2.82. The molecule has 0 heterocycles. The number of carbonyl (C=O) groups excluding carboxylic acids is 1. The normalized spacial score (nSPS) is 14.7. The number of benzene rings is 1. The van der Waals surface area contributed by atoms with Crippen LogP contribution in [-0.2, 0) is 0 Å². The van der Waals surface area contributed by atoms with Crippen LogP contribution < -0.4 is 0 Å². The highest BCUT2D eigenvalue weighted by Crippen LogP contribution is 2.23. The molecule has 0 bridgehead atoms. The van der Waals surface area contributed by atoms with Gasteiger partial charge in [0.1, 0.15) is 0 Å². The number of hydrogen-bond acceptors (Lipinski definition) is 1. The first-order chi connectivity index (χ1) is 7.27. The summed E-state index contributed by atoms with van der Waals surface area (Å²) in [7, 11) is 0. The van der Waals surface area contributed by atoms with E-state index < -0.39 is 0 Å². The largest absolute Gasteiger partial charge is 0.294 e. The predicted molar refractivity (Wildman–Crippen MR) is 61.8 cm³/mol. The molecule has 0 atom stereocenters. The molecule has 0 unspecified atom stereocenters. The second kappa shape index (κ2) is 4.26. The van der Waals surface area contributed by atoms with Crippen LogP contribution in [0.4, 0.5) is 0 Å². The summed E-state index contributed by atoms with van der Waals surface area (Å²) in [6.07, 6.45) is 5.70. The van der Waals surface area contributed by atoms with Crippen LogP contribution in [0.15, 0.2) is 53.6 Å². The molecule has 0 amide bonds. The van der Waals surface area contributed by atoms with E-state index in [4.69, 9.17) is 0 Å². The van der Waals surface area contributed by atoms with Gasteiger partial charge < -0.3 is 0 Å². The van der Waals surface area contributed by atoms with Crippen LogP contribution in [-0.4, -0.2) is 5.78 Å². The topological polar surface area (TPSA) is 17.1 Å². The summed E-state index contributed by atoms with van der Waals surface area (Å²) in [5, 5.41) is 0. The van der Waals surface area contributed by atoms with Crippen LogP contribution in [0.1, 0.15) is 30.1 Å². The molecule has 1 nitrogen and oxygen atoms in total. The van der Waals surface area contributed by atoms with Crippen LogP contribution in [0.5, 0.6) is 0 Å². The summed E-state index contributed by atoms with van der Waals surface area (Å²) >= 11 is 0. The van der Waals surface area contributed by atoms with Crippen LogP contribution in [0, 0.1) is 0 Å². The van der Waals surface area contributed by atoms with Crippen molar-refractivity contribution in [1.29, 1.82) is 0 Å². The van der Waals surface area contributed by atoms with Gasteiger partial charge in [-0.05, 0) is 13.3 Å². The van der Waals surface area contributed by atoms with Gasteiger partial charge in [-0.15, -0.1) is 0 Å². The predicted octanol–water partition coefficient (Wildman–Crippen LogP) is 3.54. The van der Waals surface area contributed by atoms with Gasteiger partial charge in [0.2, 0.25) is 0 Å². The van der Waals surface area contributed by atoms with Crippen molar-refractivity contribution in [3.63, 3.8) is 0 Å². The maximum atomic E-state index is 11.9. The monoisotopic (exact) mass is 198 g/mol. The van der Waals surface area contributed by atoms with E-state index in [1.807, 2.05) is 30.3 Å². The number of carbonyl (C=O) groups is 1. The average Bonchev–Trinajstić information content (AvgIpc) is 2.66. The fourth-order valence-corrected chi connectivity index (χ4v) is 1.79. The van der Waals surface area contributed by atoms with Crippen LogP contribution in [0.25, 0.3) is 0 Å². The van der Waals surface area contributed by atoms with Gasteiger partial charge in [0.05, 0.1) is 0 Å². The Morgan fingerprint density at radius 1 is 1.27 bits per heavy atom. The fourth-order valence-electron chi connectivity index (χ4n) is 1.79. The number of ketones is 1. The van der Waals surface area contributed by atoms with Crippen LogP contribution in [0.3, 0.4) is 0 Å². The minimum atomic E-state index is 0.216. The zero-order chi connectivity index (χ0) is 10.7. The zero-order valence-electron chi connectivity index (χ0n) is 8.86. The third kappa shape index (κ3) is 2.24. The first kappa shape index (κ1) is 9.91.